The lowest BCUT2D eigenvalue weighted by atomic mass is 10.1. The summed E-state index contributed by atoms with van der Waals surface area (Å²) >= 11 is 3.53. The lowest BCUT2D eigenvalue weighted by molar-refractivity contribution is 0.353. The number of para-hydroxylation sites is 1. The smallest absolute Gasteiger partial charge is 0.193 e. The number of rotatable bonds is 3. The molecule has 0 fully saturated rings. The third-order valence-corrected chi connectivity index (χ3v) is 3.75. The van der Waals surface area contributed by atoms with Crippen molar-refractivity contribution in [3.8, 4) is 5.75 Å². The maximum Gasteiger partial charge on any atom is 0.193 e. The summed E-state index contributed by atoms with van der Waals surface area (Å²) in [5.74, 6) is 1.35. The van der Waals surface area contributed by atoms with E-state index in [4.69, 9.17) is 10.5 Å². The second kappa shape index (κ2) is 6.18. The fraction of sp³-hybridized carbons (Fsp3) is 0.188. The highest BCUT2D eigenvalue weighted by Crippen LogP contribution is 2.33. The van der Waals surface area contributed by atoms with E-state index in [0.717, 1.165) is 34.5 Å². The molecule has 0 saturated heterocycles. The van der Waals surface area contributed by atoms with Gasteiger partial charge in [0.25, 0.3) is 0 Å². The van der Waals surface area contributed by atoms with Crippen molar-refractivity contribution in [3.05, 3.63) is 58.1 Å². The van der Waals surface area contributed by atoms with Crippen molar-refractivity contribution in [3.63, 3.8) is 0 Å². The Kier molecular flexibility index (Phi) is 4.10. The number of guanidine groups is 1. The average Bonchev–Trinajstić information content (AvgIpc) is 2.94. The molecule has 1 aliphatic rings. The number of aliphatic imine (C=N–C) groups is 1. The van der Waals surface area contributed by atoms with Crippen LogP contribution in [0, 0.1) is 0 Å². The molecule has 108 valence electrons. The number of halogens is 1. The number of anilines is 1. The molecule has 0 saturated carbocycles. The van der Waals surface area contributed by atoms with Crippen LogP contribution in [-0.4, -0.2) is 12.6 Å². The molecule has 5 heteroatoms. The maximum atomic E-state index is 5.92. The summed E-state index contributed by atoms with van der Waals surface area (Å²) in [5, 5.41) is 3.07. The molecule has 21 heavy (non-hydrogen) atoms. The highest BCUT2D eigenvalue weighted by molar-refractivity contribution is 9.10. The zero-order chi connectivity index (χ0) is 14.7. The largest absolute Gasteiger partial charge is 0.493 e. The molecular weight excluding hydrogens is 330 g/mol. The SMILES string of the molecule is NC(=NCc1cc(Br)cc2c1OCC2)Nc1ccccc1. The van der Waals surface area contributed by atoms with Crippen LogP contribution >= 0.6 is 15.9 Å². The van der Waals surface area contributed by atoms with Crippen molar-refractivity contribution in [2.45, 2.75) is 13.0 Å². The van der Waals surface area contributed by atoms with Gasteiger partial charge in [0.2, 0.25) is 0 Å². The Morgan fingerprint density at radius 3 is 2.90 bits per heavy atom. The minimum Gasteiger partial charge on any atom is -0.493 e. The average molecular weight is 346 g/mol. The first kappa shape index (κ1) is 13.9. The number of ether oxygens (including phenoxy) is 1. The van der Waals surface area contributed by atoms with Crippen LogP contribution < -0.4 is 15.8 Å². The fourth-order valence-corrected chi connectivity index (χ4v) is 2.90. The number of nitrogens with one attached hydrogen (secondary N) is 1. The number of benzene rings is 2. The highest BCUT2D eigenvalue weighted by atomic mass is 79.9. The first-order valence-electron chi connectivity index (χ1n) is 6.78. The Morgan fingerprint density at radius 1 is 1.29 bits per heavy atom. The molecule has 1 aliphatic heterocycles. The summed E-state index contributed by atoms with van der Waals surface area (Å²) in [6, 6.07) is 13.9. The zero-order valence-electron chi connectivity index (χ0n) is 11.5. The molecule has 0 atom stereocenters. The lowest BCUT2D eigenvalue weighted by Crippen LogP contribution is -2.22. The van der Waals surface area contributed by atoms with Crippen LogP contribution in [-0.2, 0) is 13.0 Å². The molecular formula is C16H16BrN3O. The summed E-state index contributed by atoms with van der Waals surface area (Å²) in [6.45, 7) is 1.23. The first-order valence-corrected chi connectivity index (χ1v) is 7.58. The quantitative estimate of drug-likeness (QED) is 0.662. The van der Waals surface area contributed by atoms with E-state index < -0.39 is 0 Å². The van der Waals surface area contributed by atoms with Crippen LogP contribution in [0.25, 0.3) is 0 Å². The minimum atomic E-state index is 0.396. The van der Waals surface area contributed by atoms with Crippen molar-refractivity contribution < 1.29 is 4.74 Å². The highest BCUT2D eigenvalue weighted by Gasteiger charge is 2.17. The number of nitrogens with zero attached hydrogens (tertiary/aromatic N) is 1. The molecule has 1 heterocycles. The number of fused-ring (bicyclic) bond motifs is 1. The van der Waals surface area contributed by atoms with Crippen molar-refractivity contribution in [1.29, 1.82) is 0 Å². The van der Waals surface area contributed by atoms with E-state index >= 15 is 0 Å². The third kappa shape index (κ3) is 3.36. The van der Waals surface area contributed by atoms with Gasteiger partial charge in [0.05, 0.1) is 13.2 Å². The number of hydrogen-bond acceptors (Lipinski definition) is 2. The topological polar surface area (TPSA) is 59.6 Å². The van der Waals surface area contributed by atoms with Gasteiger partial charge in [0.15, 0.2) is 5.96 Å². The monoisotopic (exact) mass is 345 g/mol. The van der Waals surface area contributed by atoms with Crippen molar-refractivity contribution in [2.24, 2.45) is 10.7 Å². The predicted molar refractivity (Wildman–Crippen MR) is 88.7 cm³/mol. The van der Waals surface area contributed by atoms with Gasteiger partial charge in [-0.1, -0.05) is 34.1 Å². The molecule has 0 spiro atoms. The van der Waals surface area contributed by atoms with E-state index in [1.165, 1.54) is 5.56 Å². The minimum absolute atomic E-state index is 0.396. The van der Waals surface area contributed by atoms with Crippen LogP contribution in [0.3, 0.4) is 0 Å². The second-order valence-electron chi connectivity index (χ2n) is 4.84. The molecule has 2 aromatic rings. The molecule has 3 N–H and O–H groups in total. The van der Waals surface area contributed by atoms with E-state index in [-0.39, 0.29) is 0 Å². The van der Waals surface area contributed by atoms with Gasteiger partial charge in [0, 0.05) is 22.1 Å². The summed E-state index contributed by atoms with van der Waals surface area (Å²) in [4.78, 5) is 4.39. The van der Waals surface area contributed by atoms with E-state index in [9.17, 15) is 0 Å². The summed E-state index contributed by atoms with van der Waals surface area (Å²) < 4.78 is 6.73. The van der Waals surface area contributed by atoms with E-state index in [2.05, 4.69) is 32.3 Å². The molecule has 0 radical (unpaired) electrons. The Balaban J connectivity index is 1.74. The van der Waals surface area contributed by atoms with Crippen LogP contribution in [0.15, 0.2) is 51.9 Å². The molecule has 0 aromatic heterocycles. The van der Waals surface area contributed by atoms with Gasteiger partial charge in [0.1, 0.15) is 5.75 Å². The summed E-state index contributed by atoms with van der Waals surface area (Å²) in [5.41, 5.74) is 9.13. The molecule has 0 aliphatic carbocycles. The number of nitrogens with two attached hydrogens (primary N) is 1. The summed E-state index contributed by atoms with van der Waals surface area (Å²) in [7, 11) is 0. The lowest BCUT2D eigenvalue weighted by Gasteiger charge is -2.08. The molecule has 0 bridgehead atoms. The first-order chi connectivity index (χ1) is 10.2. The third-order valence-electron chi connectivity index (χ3n) is 3.29. The van der Waals surface area contributed by atoms with Gasteiger partial charge in [-0.25, -0.2) is 4.99 Å². The van der Waals surface area contributed by atoms with Crippen molar-refractivity contribution in [2.75, 3.05) is 11.9 Å². The Bertz CT molecular complexity index is 671. The van der Waals surface area contributed by atoms with E-state index in [0.29, 0.717) is 12.5 Å². The Hall–Kier alpha value is -2.01. The van der Waals surface area contributed by atoms with Crippen molar-refractivity contribution in [1.82, 2.24) is 0 Å². The van der Waals surface area contributed by atoms with Crippen LogP contribution in [0.5, 0.6) is 5.75 Å². The molecule has 4 nitrogen and oxygen atoms in total. The normalized spacial score (nSPS) is 13.7. The van der Waals surface area contributed by atoms with Gasteiger partial charge in [-0.05, 0) is 29.8 Å². The number of hydrogen-bond donors (Lipinski definition) is 2. The van der Waals surface area contributed by atoms with Gasteiger partial charge in [-0.3, -0.25) is 0 Å². The zero-order valence-corrected chi connectivity index (χ0v) is 13.1. The molecule has 0 unspecified atom stereocenters. The fourth-order valence-electron chi connectivity index (χ4n) is 2.34. The standard InChI is InChI=1S/C16H16BrN3O/c17-13-8-11-6-7-21-15(11)12(9-13)10-19-16(18)20-14-4-2-1-3-5-14/h1-5,8-9H,6-7,10H2,(H3,18,19,20). The van der Waals surface area contributed by atoms with Crippen LogP contribution in [0.2, 0.25) is 0 Å². The molecule has 2 aromatic carbocycles. The van der Waals surface area contributed by atoms with E-state index in [1.807, 2.05) is 36.4 Å². The Morgan fingerprint density at radius 2 is 2.10 bits per heavy atom. The summed E-state index contributed by atoms with van der Waals surface area (Å²) in [6.07, 6.45) is 0.948. The van der Waals surface area contributed by atoms with E-state index in [1.54, 1.807) is 0 Å². The van der Waals surface area contributed by atoms with Crippen molar-refractivity contribution >= 4 is 27.6 Å². The maximum absolute atomic E-state index is 5.92. The van der Waals surface area contributed by atoms with Gasteiger partial charge in [-0.2, -0.15) is 0 Å². The van der Waals surface area contributed by atoms with Gasteiger partial charge in [-0.15, -0.1) is 0 Å². The Labute approximate surface area is 132 Å². The molecule has 3 rings (SSSR count). The van der Waals surface area contributed by atoms with Gasteiger partial charge >= 0.3 is 0 Å². The van der Waals surface area contributed by atoms with Crippen LogP contribution in [0.4, 0.5) is 5.69 Å². The second-order valence-corrected chi connectivity index (χ2v) is 5.76. The predicted octanol–water partition coefficient (Wildman–Crippen LogP) is 3.31. The molecule has 0 amide bonds. The van der Waals surface area contributed by atoms with Gasteiger partial charge < -0.3 is 15.8 Å². The van der Waals surface area contributed by atoms with Crippen LogP contribution in [0.1, 0.15) is 11.1 Å².